The molecule has 0 fully saturated rings. The van der Waals surface area contributed by atoms with E-state index >= 15 is 0 Å². The standard InChI is InChI=1S/C11H17NO2/c1-9(2)12-7-3-5-10(13)11-6-4-8-14-11/h4,6,8-9,12H,3,5,7H2,1-2H3. The monoisotopic (exact) mass is 195 g/mol. The SMILES string of the molecule is CC(C)NCCCC(=O)c1ccco1. The molecule has 1 aromatic heterocycles. The summed E-state index contributed by atoms with van der Waals surface area (Å²) in [5.41, 5.74) is 0. The molecule has 3 heteroatoms. The van der Waals surface area contributed by atoms with Crippen molar-refractivity contribution in [3.8, 4) is 0 Å². The lowest BCUT2D eigenvalue weighted by molar-refractivity contribution is 0.0953. The summed E-state index contributed by atoms with van der Waals surface area (Å²) in [5, 5.41) is 3.26. The predicted octanol–water partition coefficient (Wildman–Crippen LogP) is 2.24. The van der Waals surface area contributed by atoms with Crippen LogP contribution >= 0.6 is 0 Å². The Bertz CT molecular complexity index is 265. The molecule has 78 valence electrons. The van der Waals surface area contributed by atoms with Gasteiger partial charge < -0.3 is 9.73 Å². The Balaban J connectivity index is 2.16. The molecule has 0 saturated carbocycles. The molecule has 0 unspecified atom stereocenters. The van der Waals surface area contributed by atoms with E-state index in [1.807, 2.05) is 0 Å². The second-order valence-corrected chi connectivity index (χ2v) is 3.61. The number of nitrogens with one attached hydrogen (secondary N) is 1. The molecular weight excluding hydrogens is 178 g/mol. The largest absolute Gasteiger partial charge is 0.461 e. The van der Waals surface area contributed by atoms with Gasteiger partial charge in [0, 0.05) is 12.5 Å². The van der Waals surface area contributed by atoms with Crippen LogP contribution in [0.2, 0.25) is 0 Å². The molecule has 0 bridgehead atoms. The van der Waals surface area contributed by atoms with Crippen molar-refractivity contribution in [1.29, 1.82) is 0 Å². The van der Waals surface area contributed by atoms with E-state index < -0.39 is 0 Å². The fourth-order valence-electron chi connectivity index (χ4n) is 1.20. The van der Waals surface area contributed by atoms with Crippen LogP contribution < -0.4 is 5.32 Å². The normalized spacial score (nSPS) is 10.8. The fraction of sp³-hybridized carbons (Fsp3) is 0.545. The number of Topliss-reactive ketones (excluding diaryl/α,β-unsaturated/α-hetero) is 1. The molecule has 1 rings (SSSR count). The number of rotatable bonds is 6. The van der Waals surface area contributed by atoms with Gasteiger partial charge in [0.25, 0.3) is 0 Å². The highest BCUT2D eigenvalue weighted by Crippen LogP contribution is 2.05. The molecule has 0 atom stereocenters. The van der Waals surface area contributed by atoms with E-state index in [9.17, 15) is 4.79 Å². The van der Waals surface area contributed by atoms with Gasteiger partial charge in [0.05, 0.1) is 6.26 Å². The summed E-state index contributed by atoms with van der Waals surface area (Å²) in [5.74, 6) is 0.551. The molecule has 0 aliphatic carbocycles. The van der Waals surface area contributed by atoms with Crippen molar-refractivity contribution in [2.75, 3.05) is 6.54 Å². The fourth-order valence-corrected chi connectivity index (χ4v) is 1.20. The number of hydrogen-bond acceptors (Lipinski definition) is 3. The van der Waals surface area contributed by atoms with Gasteiger partial charge >= 0.3 is 0 Å². The van der Waals surface area contributed by atoms with E-state index in [1.165, 1.54) is 6.26 Å². The van der Waals surface area contributed by atoms with Crippen LogP contribution in [0.15, 0.2) is 22.8 Å². The summed E-state index contributed by atoms with van der Waals surface area (Å²) >= 11 is 0. The van der Waals surface area contributed by atoms with Gasteiger partial charge in [-0.25, -0.2) is 0 Å². The van der Waals surface area contributed by atoms with Crippen molar-refractivity contribution in [2.24, 2.45) is 0 Å². The van der Waals surface area contributed by atoms with E-state index in [0.29, 0.717) is 18.2 Å². The van der Waals surface area contributed by atoms with Crippen LogP contribution in [0, 0.1) is 0 Å². The minimum Gasteiger partial charge on any atom is -0.461 e. The van der Waals surface area contributed by atoms with Gasteiger partial charge in [0.15, 0.2) is 11.5 Å². The van der Waals surface area contributed by atoms with Crippen molar-refractivity contribution in [1.82, 2.24) is 5.32 Å². The zero-order chi connectivity index (χ0) is 10.4. The summed E-state index contributed by atoms with van der Waals surface area (Å²) < 4.78 is 5.00. The molecular formula is C11H17NO2. The quantitative estimate of drug-likeness (QED) is 0.559. The molecule has 1 heterocycles. The van der Waals surface area contributed by atoms with E-state index in [0.717, 1.165) is 13.0 Å². The molecule has 1 aromatic rings. The van der Waals surface area contributed by atoms with Crippen molar-refractivity contribution in [3.63, 3.8) is 0 Å². The minimum absolute atomic E-state index is 0.0838. The Morgan fingerprint density at radius 3 is 2.93 bits per heavy atom. The van der Waals surface area contributed by atoms with Crippen molar-refractivity contribution >= 4 is 5.78 Å². The first-order valence-electron chi connectivity index (χ1n) is 5.00. The van der Waals surface area contributed by atoms with Crippen molar-refractivity contribution < 1.29 is 9.21 Å². The second kappa shape index (κ2) is 5.60. The van der Waals surface area contributed by atoms with Crippen LogP contribution in [-0.4, -0.2) is 18.4 Å². The second-order valence-electron chi connectivity index (χ2n) is 3.61. The van der Waals surface area contributed by atoms with Crippen LogP contribution in [-0.2, 0) is 0 Å². The van der Waals surface area contributed by atoms with Crippen molar-refractivity contribution in [2.45, 2.75) is 32.7 Å². The predicted molar refractivity (Wildman–Crippen MR) is 55.4 cm³/mol. The van der Waals surface area contributed by atoms with E-state index in [4.69, 9.17) is 4.42 Å². The van der Waals surface area contributed by atoms with Crippen LogP contribution in [0.1, 0.15) is 37.2 Å². The van der Waals surface area contributed by atoms with Gasteiger partial charge in [-0.1, -0.05) is 13.8 Å². The third kappa shape index (κ3) is 3.75. The average Bonchev–Trinajstić information content (AvgIpc) is 2.64. The zero-order valence-corrected chi connectivity index (χ0v) is 8.75. The Morgan fingerprint density at radius 2 is 2.36 bits per heavy atom. The van der Waals surface area contributed by atoms with Gasteiger partial charge in [-0.05, 0) is 25.1 Å². The smallest absolute Gasteiger partial charge is 0.198 e. The Morgan fingerprint density at radius 1 is 1.57 bits per heavy atom. The third-order valence-electron chi connectivity index (χ3n) is 1.93. The number of ketones is 1. The van der Waals surface area contributed by atoms with Crippen LogP contribution in [0.25, 0.3) is 0 Å². The number of hydrogen-bond donors (Lipinski definition) is 1. The molecule has 0 aliphatic heterocycles. The van der Waals surface area contributed by atoms with Crippen LogP contribution in [0.5, 0.6) is 0 Å². The number of furan rings is 1. The average molecular weight is 195 g/mol. The maximum Gasteiger partial charge on any atom is 0.198 e. The summed E-state index contributed by atoms with van der Waals surface area (Å²) in [7, 11) is 0. The van der Waals surface area contributed by atoms with Gasteiger partial charge in [0.2, 0.25) is 0 Å². The molecule has 0 aliphatic rings. The first kappa shape index (κ1) is 11.0. The molecule has 0 aromatic carbocycles. The lowest BCUT2D eigenvalue weighted by Crippen LogP contribution is -2.24. The highest BCUT2D eigenvalue weighted by atomic mass is 16.3. The van der Waals surface area contributed by atoms with Crippen molar-refractivity contribution in [3.05, 3.63) is 24.2 Å². The molecule has 0 spiro atoms. The Kier molecular flexibility index (Phi) is 4.40. The van der Waals surface area contributed by atoms with Crippen LogP contribution in [0.4, 0.5) is 0 Å². The minimum atomic E-state index is 0.0838. The first-order valence-corrected chi connectivity index (χ1v) is 5.00. The van der Waals surface area contributed by atoms with Gasteiger partial charge in [-0.3, -0.25) is 4.79 Å². The summed E-state index contributed by atoms with van der Waals surface area (Å²) in [4.78, 5) is 11.4. The maximum atomic E-state index is 11.4. The molecule has 1 N–H and O–H groups in total. The lowest BCUT2D eigenvalue weighted by atomic mass is 10.2. The third-order valence-corrected chi connectivity index (χ3v) is 1.93. The first-order chi connectivity index (χ1) is 6.70. The Labute approximate surface area is 84.5 Å². The molecule has 3 nitrogen and oxygen atoms in total. The highest BCUT2D eigenvalue weighted by molar-refractivity contribution is 5.93. The zero-order valence-electron chi connectivity index (χ0n) is 8.75. The van der Waals surface area contributed by atoms with Crippen LogP contribution in [0.3, 0.4) is 0 Å². The lowest BCUT2D eigenvalue weighted by Gasteiger charge is -2.06. The molecule has 0 amide bonds. The van der Waals surface area contributed by atoms with Gasteiger partial charge in [-0.15, -0.1) is 0 Å². The van der Waals surface area contributed by atoms with E-state index in [2.05, 4.69) is 19.2 Å². The van der Waals surface area contributed by atoms with E-state index in [1.54, 1.807) is 12.1 Å². The highest BCUT2D eigenvalue weighted by Gasteiger charge is 2.07. The molecule has 0 saturated heterocycles. The van der Waals surface area contributed by atoms with E-state index in [-0.39, 0.29) is 5.78 Å². The van der Waals surface area contributed by atoms with Gasteiger partial charge in [-0.2, -0.15) is 0 Å². The molecule has 0 radical (unpaired) electrons. The summed E-state index contributed by atoms with van der Waals surface area (Å²) in [6.45, 7) is 5.06. The molecule has 14 heavy (non-hydrogen) atoms. The number of carbonyl (C=O) groups excluding carboxylic acids is 1. The summed E-state index contributed by atoms with van der Waals surface area (Å²) in [6, 6.07) is 3.92. The maximum absolute atomic E-state index is 11.4. The number of carbonyl (C=O) groups is 1. The Hall–Kier alpha value is -1.09. The topological polar surface area (TPSA) is 42.2 Å². The van der Waals surface area contributed by atoms with Gasteiger partial charge in [0.1, 0.15) is 0 Å². The summed E-state index contributed by atoms with van der Waals surface area (Å²) in [6.07, 6.45) is 2.94.